The molecule has 0 fully saturated rings. The highest BCUT2D eigenvalue weighted by Crippen LogP contribution is 2.20. The normalized spacial score (nSPS) is 14.0. The Morgan fingerprint density at radius 2 is 1.31 bits per heavy atom. The summed E-state index contributed by atoms with van der Waals surface area (Å²) < 4.78 is 0. The third kappa shape index (κ3) is 4.04. The smallest absolute Gasteiger partial charge is 0.0682 e. The van der Waals surface area contributed by atoms with Gasteiger partial charge in [0.25, 0.3) is 0 Å². The first-order chi connectivity index (χ1) is 7.53. The van der Waals surface area contributed by atoms with Gasteiger partial charge in [0.15, 0.2) is 0 Å². The molecule has 0 aliphatic heterocycles. The molecule has 96 valence electrons. The molecule has 1 atom stereocenters. The summed E-state index contributed by atoms with van der Waals surface area (Å²) in [7, 11) is 1.10. The molecule has 0 aliphatic carbocycles. The minimum atomic E-state index is 0.537. The summed E-state index contributed by atoms with van der Waals surface area (Å²) in [5.74, 6) is 0.589. The van der Waals surface area contributed by atoms with Gasteiger partial charge in [0.2, 0.25) is 0 Å². The molecule has 0 rings (SSSR count). The van der Waals surface area contributed by atoms with E-state index in [4.69, 9.17) is 0 Å². The summed E-state index contributed by atoms with van der Waals surface area (Å²) in [4.78, 5) is 5.11. The maximum absolute atomic E-state index is 4.19. The van der Waals surface area contributed by atoms with Crippen molar-refractivity contribution >= 4 is 10.2 Å². The van der Waals surface area contributed by atoms with Crippen LogP contribution in [0.5, 0.6) is 0 Å². The Morgan fingerprint density at radius 3 is 1.50 bits per heavy atom. The molecule has 0 radical (unpaired) electrons. The lowest BCUT2D eigenvalue weighted by Gasteiger charge is -2.42. The molecule has 0 aromatic rings. The minimum Gasteiger partial charge on any atom is -0.288 e. The number of hydrogen-bond donors (Lipinski definition) is 0. The summed E-state index contributed by atoms with van der Waals surface area (Å²) in [5.41, 5.74) is 0. The molecule has 3 heteroatoms. The lowest BCUT2D eigenvalue weighted by atomic mass is 10.1. The Balaban J connectivity index is 4.93. The third-order valence-corrected chi connectivity index (χ3v) is 4.51. The van der Waals surface area contributed by atoms with Crippen LogP contribution in [0.3, 0.4) is 0 Å². The first-order valence-corrected chi connectivity index (χ1v) is 7.66. The van der Waals surface area contributed by atoms with Crippen molar-refractivity contribution in [3.05, 3.63) is 11.8 Å². The average Bonchev–Trinajstić information content (AvgIpc) is 2.28. The third-order valence-electron chi connectivity index (χ3n) is 3.60. The largest absolute Gasteiger partial charge is 0.288 e. The zero-order chi connectivity index (χ0) is 12.7. The van der Waals surface area contributed by atoms with Crippen LogP contribution in [0.15, 0.2) is 11.8 Å². The maximum Gasteiger partial charge on any atom is 0.0682 e. The standard InChI is InChI=1S/C13H30N2Si/c1-7-14(8-2)13(11(5)12(6)16)15(9-3)10-4/h11,13H,6-10H2,1-5,16H3. The van der Waals surface area contributed by atoms with Gasteiger partial charge in [-0.3, -0.25) is 9.80 Å². The first kappa shape index (κ1) is 15.9. The van der Waals surface area contributed by atoms with Crippen LogP contribution >= 0.6 is 0 Å². The molecule has 2 nitrogen and oxygen atoms in total. The molecule has 0 saturated carbocycles. The van der Waals surface area contributed by atoms with E-state index in [1.165, 1.54) is 5.20 Å². The zero-order valence-electron chi connectivity index (χ0n) is 12.1. The highest BCUT2D eigenvalue weighted by atomic mass is 28.1. The van der Waals surface area contributed by atoms with E-state index in [2.05, 4.69) is 51.0 Å². The highest BCUT2D eigenvalue weighted by Gasteiger charge is 2.27. The van der Waals surface area contributed by atoms with Crippen LogP contribution in [0, 0.1) is 5.92 Å². The van der Waals surface area contributed by atoms with Crippen molar-refractivity contribution < 1.29 is 0 Å². The van der Waals surface area contributed by atoms with Gasteiger partial charge in [0.05, 0.1) is 6.17 Å². The lowest BCUT2D eigenvalue weighted by Crippen LogP contribution is -2.52. The number of rotatable bonds is 8. The fourth-order valence-corrected chi connectivity index (χ4v) is 2.61. The molecule has 0 aromatic heterocycles. The average molecular weight is 242 g/mol. The van der Waals surface area contributed by atoms with Crippen LogP contribution < -0.4 is 0 Å². The predicted molar refractivity (Wildman–Crippen MR) is 77.9 cm³/mol. The van der Waals surface area contributed by atoms with Gasteiger partial charge in [-0.25, -0.2) is 0 Å². The quantitative estimate of drug-likeness (QED) is 0.470. The molecule has 0 amide bonds. The Labute approximate surface area is 105 Å². The highest BCUT2D eigenvalue weighted by molar-refractivity contribution is 6.21. The van der Waals surface area contributed by atoms with Crippen molar-refractivity contribution in [2.45, 2.75) is 40.8 Å². The van der Waals surface area contributed by atoms with Gasteiger partial charge in [-0.1, -0.05) is 39.8 Å². The second-order valence-electron chi connectivity index (χ2n) is 4.49. The molecular formula is C13H30N2Si. The van der Waals surface area contributed by atoms with Crippen molar-refractivity contribution in [3.8, 4) is 0 Å². The van der Waals surface area contributed by atoms with E-state index in [-0.39, 0.29) is 0 Å². The second kappa shape index (κ2) is 8.04. The van der Waals surface area contributed by atoms with Crippen LogP contribution in [0.4, 0.5) is 0 Å². The van der Waals surface area contributed by atoms with E-state index in [0.717, 1.165) is 36.4 Å². The summed E-state index contributed by atoms with van der Waals surface area (Å²) in [5, 5.41) is 1.42. The lowest BCUT2D eigenvalue weighted by molar-refractivity contribution is 0.0299. The van der Waals surface area contributed by atoms with Crippen LogP contribution in [-0.4, -0.2) is 52.4 Å². The predicted octanol–water partition coefficient (Wildman–Crippen LogP) is 1.51. The monoisotopic (exact) mass is 242 g/mol. The summed E-state index contributed by atoms with van der Waals surface area (Å²) in [6, 6.07) is 0. The van der Waals surface area contributed by atoms with Crippen molar-refractivity contribution in [1.29, 1.82) is 0 Å². The molecule has 0 aromatic carbocycles. The van der Waals surface area contributed by atoms with E-state index in [1.54, 1.807) is 0 Å². The topological polar surface area (TPSA) is 6.48 Å². The van der Waals surface area contributed by atoms with E-state index < -0.39 is 0 Å². The first-order valence-electron chi connectivity index (χ1n) is 6.66. The van der Waals surface area contributed by atoms with Gasteiger partial charge in [0, 0.05) is 16.2 Å². The Kier molecular flexibility index (Phi) is 7.98. The van der Waals surface area contributed by atoms with Crippen LogP contribution in [0.2, 0.25) is 0 Å². The summed E-state index contributed by atoms with van der Waals surface area (Å²) >= 11 is 0. The number of hydrogen-bond acceptors (Lipinski definition) is 2. The summed E-state index contributed by atoms with van der Waals surface area (Å²) in [6.07, 6.45) is 0.537. The SMILES string of the molecule is C=C([SiH3])C(C)C(N(CC)CC)N(CC)CC. The van der Waals surface area contributed by atoms with E-state index in [0.29, 0.717) is 12.1 Å². The molecule has 0 spiro atoms. The van der Waals surface area contributed by atoms with Gasteiger partial charge in [-0.2, -0.15) is 0 Å². The van der Waals surface area contributed by atoms with Crippen LogP contribution in [0.1, 0.15) is 34.6 Å². The fourth-order valence-electron chi connectivity index (χ4n) is 2.31. The van der Waals surface area contributed by atoms with Gasteiger partial charge in [-0.05, 0) is 26.2 Å². The Hall–Kier alpha value is -0.123. The van der Waals surface area contributed by atoms with Crippen LogP contribution in [-0.2, 0) is 0 Å². The Morgan fingerprint density at radius 1 is 1.00 bits per heavy atom. The van der Waals surface area contributed by atoms with Crippen molar-refractivity contribution in [2.24, 2.45) is 5.92 Å². The molecule has 0 bridgehead atoms. The van der Waals surface area contributed by atoms with Gasteiger partial charge >= 0.3 is 0 Å². The molecule has 16 heavy (non-hydrogen) atoms. The minimum absolute atomic E-state index is 0.537. The number of nitrogens with zero attached hydrogens (tertiary/aromatic N) is 2. The maximum atomic E-state index is 4.19. The molecule has 0 heterocycles. The zero-order valence-corrected chi connectivity index (χ0v) is 14.1. The molecular weight excluding hydrogens is 212 g/mol. The van der Waals surface area contributed by atoms with E-state index in [1.807, 2.05) is 0 Å². The van der Waals surface area contributed by atoms with Crippen molar-refractivity contribution in [3.63, 3.8) is 0 Å². The van der Waals surface area contributed by atoms with Gasteiger partial charge in [-0.15, -0.1) is 6.58 Å². The van der Waals surface area contributed by atoms with E-state index in [9.17, 15) is 0 Å². The van der Waals surface area contributed by atoms with Crippen molar-refractivity contribution in [2.75, 3.05) is 26.2 Å². The molecule has 1 unspecified atom stereocenters. The fraction of sp³-hybridized carbons (Fsp3) is 0.846. The molecule has 0 N–H and O–H groups in total. The van der Waals surface area contributed by atoms with Gasteiger partial charge < -0.3 is 0 Å². The second-order valence-corrected chi connectivity index (χ2v) is 5.78. The van der Waals surface area contributed by atoms with Crippen LogP contribution in [0.25, 0.3) is 0 Å². The Bertz CT molecular complexity index is 186. The molecule has 0 saturated heterocycles. The van der Waals surface area contributed by atoms with Gasteiger partial charge in [0.1, 0.15) is 0 Å². The summed E-state index contributed by atoms with van der Waals surface area (Å²) in [6.45, 7) is 20.0. The van der Waals surface area contributed by atoms with Crippen molar-refractivity contribution in [1.82, 2.24) is 9.80 Å². The molecule has 0 aliphatic rings. The van der Waals surface area contributed by atoms with E-state index >= 15 is 0 Å².